The Balaban J connectivity index is 1.57. The minimum Gasteiger partial charge on any atom is -0.352 e. The van der Waals surface area contributed by atoms with Crippen LogP contribution in [0.4, 0.5) is 4.39 Å². The molecule has 0 aliphatic carbocycles. The van der Waals surface area contributed by atoms with Gasteiger partial charge in [0.25, 0.3) is 0 Å². The van der Waals surface area contributed by atoms with Crippen molar-refractivity contribution in [3.05, 3.63) is 52.0 Å². The maximum absolute atomic E-state index is 13.2. The lowest BCUT2D eigenvalue weighted by atomic mass is 10.3. The average Bonchev–Trinajstić information content (AvgIpc) is 3.09. The van der Waals surface area contributed by atoms with Crippen molar-refractivity contribution in [2.75, 3.05) is 6.54 Å². The van der Waals surface area contributed by atoms with Crippen molar-refractivity contribution in [1.82, 2.24) is 19.9 Å². The molecule has 0 saturated heterocycles. The van der Waals surface area contributed by atoms with E-state index in [4.69, 9.17) is 0 Å². The van der Waals surface area contributed by atoms with Crippen molar-refractivity contribution in [3.63, 3.8) is 0 Å². The molecule has 1 N–H and O–H groups in total. The first-order valence-corrected chi connectivity index (χ1v) is 8.40. The third-order valence-corrected chi connectivity index (χ3v) is 4.42. The predicted octanol–water partition coefficient (Wildman–Crippen LogP) is 2.85. The summed E-state index contributed by atoms with van der Waals surface area (Å²) in [5, 5.41) is 5.68. The minimum absolute atomic E-state index is 0.175. The number of carbonyl (C=O) groups excluding carboxylic acids is 1. The van der Waals surface area contributed by atoms with Crippen LogP contribution in [0.5, 0.6) is 0 Å². The van der Waals surface area contributed by atoms with Crippen molar-refractivity contribution in [3.8, 4) is 0 Å². The van der Waals surface area contributed by atoms with Gasteiger partial charge in [-0.25, -0.2) is 14.4 Å². The summed E-state index contributed by atoms with van der Waals surface area (Å²) in [5.41, 5.74) is 2.28. The molecule has 0 aliphatic heterocycles. The molecular formula is C17H17FN4OS. The van der Waals surface area contributed by atoms with Crippen LogP contribution in [-0.2, 0) is 18.3 Å². The van der Waals surface area contributed by atoms with E-state index in [1.54, 1.807) is 23.5 Å². The molecule has 0 fully saturated rings. The number of hydrogen-bond donors (Lipinski definition) is 1. The number of benzene rings is 1. The number of carbonyl (C=O) groups is 1. The minimum atomic E-state index is -0.303. The second-order valence-electron chi connectivity index (χ2n) is 5.39. The topological polar surface area (TPSA) is 59.8 Å². The summed E-state index contributed by atoms with van der Waals surface area (Å²) >= 11 is 1.54. The Bertz CT molecular complexity index is 913. The molecule has 5 nitrogen and oxygen atoms in total. The molecule has 3 rings (SSSR count). The number of halogens is 1. The van der Waals surface area contributed by atoms with Gasteiger partial charge < -0.3 is 9.88 Å². The molecule has 0 aliphatic rings. The fourth-order valence-corrected chi connectivity index (χ4v) is 3.00. The summed E-state index contributed by atoms with van der Waals surface area (Å²) in [5.74, 6) is 0.323. The number of hydrogen-bond acceptors (Lipinski definition) is 4. The Kier molecular flexibility index (Phi) is 4.71. The highest BCUT2D eigenvalue weighted by molar-refractivity contribution is 7.09. The summed E-state index contributed by atoms with van der Waals surface area (Å²) < 4.78 is 15.2. The van der Waals surface area contributed by atoms with Crippen molar-refractivity contribution in [2.24, 2.45) is 7.05 Å². The van der Waals surface area contributed by atoms with Gasteiger partial charge in [-0.15, -0.1) is 11.3 Å². The molecular weight excluding hydrogens is 327 g/mol. The molecule has 1 aromatic carbocycles. The number of nitrogens with one attached hydrogen (secondary N) is 1. The zero-order valence-corrected chi connectivity index (χ0v) is 14.2. The van der Waals surface area contributed by atoms with Crippen molar-refractivity contribution in [1.29, 1.82) is 0 Å². The summed E-state index contributed by atoms with van der Waals surface area (Å²) in [4.78, 5) is 20.5. The van der Waals surface area contributed by atoms with Gasteiger partial charge in [0.1, 0.15) is 11.6 Å². The zero-order valence-electron chi connectivity index (χ0n) is 13.4. The highest BCUT2D eigenvalue weighted by Gasteiger charge is 2.08. The number of nitrogens with zero attached hydrogens (tertiary/aromatic N) is 3. The maximum atomic E-state index is 13.2. The Morgan fingerprint density at radius 3 is 3.00 bits per heavy atom. The molecule has 0 spiro atoms. The van der Waals surface area contributed by atoms with Crippen LogP contribution in [0.3, 0.4) is 0 Å². The first-order chi connectivity index (χ1) is 11.5. The number of aromatic nitrogens is 3. The fraction of sp³-hybridized carbons (Fsp3) is 0.235. The van der Waals surface area contributed by atoms with Gasteiger partial charge in [0.15, 0.2) is 0 Å². The van der Waals surface area contributed by atoms with Crippen LogP contribution in [0.2, 0.25) is 0 Å². The molecule has 24 heavy (non-hydrogen) atoms. The molecule has 3 aromatic rings. The zero-order chi connectivity index (χ0) is 17.1. The summed E-state index contributed by atoms with van der Waals surface area (Å²) in [6.45, 7) is 2.38. The van der Waals surface area contributed by atoms with Gasteiger partial charge in [0.2, 0.25) is 5.91 Å². The van der Waals surface area contributed by atoms with Crippen LogP contribution in [0.15, 0.2) is 29.7 Å². The van der Waals surface area contributed by atoms with Gasteiger partial charge >= 0.3 is 0 Å². The first-order valence-electron chi connectivity index (χ1n) is 7.52. The van der Waals surface area contributed by atoms with E-state index >= 15 is 0 Å². The molecule has 7 heteroatoms. The average molecular weight is 344 g/mol. The van der Waals surface area contributed by atoms with E-state index in [0.29, 0.717) is 18.5 Å². The molecule has 0 saturated carbocycles. The molecule has 0 bridgehead atoms. The molecule has 124 valence electrons. The third kappa shape index (κ3) is 3.68. The smallest absolute Gasteiger partial charge is 0.244 e. The van der Waals surface area contributed by atoms with Crippen molar-refractivity contribution < 1.29 is 9.18 Å². The lowest BCUT2D eigenvalue weighted by molar-refractivity contribution is -0.116. The van der Waals surface area contributed by atoms with Gasteiger partial charge in [0.05, 0.1) is 21.7 Å². The lowest BCUT2D eigenvalue weighted by Crippen LogP contribution is -2.24. The summed E-state index contributed by atoms with van der Waals surface area (Å²) in [6.07, 6.45) is 3.73. The number of fused-ring (bicyclic) bond motifs is 1. The Morgan fingerprint density at radius 2 is 2.25 bits per heavy atom. The van der Waals surface area contributed by atoms with Gasteiger partial charge in [-0.3, -0.25) is 4.79 Å². The van der Waals surface area contributed by atoms with E-state index in [9.17, 15) is 9.18 Å². The van der Waals surface area contributed by atoms with Crippen LogP contribution in [0, 0.1) is 12.7 Å². The fourth-order valence-electron chi connectivity index (χ4n) is 2.42. The van der Waals surface area contributed by atoms with Crippen LogP contribution >= 0.6 is 11.3 Å². The van der Waals surface area contributed by atoms with Gasteiger partial charge in [-0.05, 0) is 25.1 Å². The number of imidazole rings is 1. The SMILES string of the molecule is Cc1nc(/C=C/C(=O)NCCc2nc3cc(F)ccc3n2C)cs1. The Morgan fingerprint density at radius 1 is 1.42 bits per heavy atom. The molecule has 0 unspecified atom stereocenters. The largest absolute Gasteiger partial charge is 0.352 e. The Hall–Kier alpha value is -2.54. The number of thiazole rings is 1. The number of amides is 1. The standard InChI is InChI=1S/C17H17FN4OS/c1-11-20-13(10-24-11)4-6-17(23)19-8-7-16-21-14-9-12(18)3-5-15(14)22(16)2/h3-6,9-10H,7-8H2,1-2H3,(H,19,23)/b6-4+. The molecule has 2 heterocycles. The van der Waals surface area contributed by atoms with Gasteiger partial charge in [-0.2, -0.15) is 0 Å². The van der Waals surface area contributed by atoms with Crippen LogP contribution in [0.25, 0.3) is 17.1 Å². The second kappa shape index (κ2) is 6.92. The molecule has 0 radical (unpaired) electrons. The molecule has 2 aromatic heterocycles. The summed E-state index contributed by atoms with van der Waals surface area (Å²) in [7, 11) is 1.88. The van der Waals surface area contributed by atoms with E-state index in [-0.39, 0.29) is 11.7 Å². The van der Waals surface area contributed by atoms with E-state index in [1.807, 2.05) is 23.9 Å². The monoisotopic (exact) mass is 344 g/mol. The first kappa shape index (κ1) is 16.3. The van der Waals surface area contributed by atoms with E-state index in [1.165, 1.54) is 18.2 Å². The van der Waals surface area contributed by atoms with Crippen molar-refractivity contribution in [2.45, 2.75) is 13.3 Å². The normalized spacial score (nSPS) is 11.5. The van der Waals surface area contributed by atoms with Gasteiger partial charge in [0, 0.05) is 37.5 Å². The lowest BCUT2D eigenvalue weighted by Gasteiger charge is -2.03. The van der Waals surface area contributed by atoms with Crippen LogP contribution < -0.4 is 5.32 Å². The van der Waals surface area contributed by atoms with E-state index in [2.05, 4.69) is 15.3 Å². The van der Waals surface area contributed by atoms with Crippen LogP contribution in [0.1, 0.15) is 16.5 Å². The quantitative estimate of drug-likeness (QED) is 0.724. The van der Waals surface area contributed by atoms with Crippen LogP contribution in [-0.4, -0.2) is 27.0 Å². The van der Waals surface area contributed by atoms with E-state index < -0.39 is 0 Å². The highest BCUT2D eigenvalue weighted by Crippen LogP contribution is 2.16. The third-order valence-electron chi connectivity index (χ3n) is 3.63. The number of aryl methyl sites for hydroxylation is 2. The maximum Gasteiger partial charge on any atom is 0.244 e. The van der Waals surface area contributed by atoms with Gasteiger partial charge in [-0.1, -0.05) is 0 Å². The second-order valence-corrected chi connectivity index (χ2v) is 6.45. The summed E-state index contributed by atoms with van der Waals surface area (Å²) in [6, 6.07) is 4.54. The molecule has 0 atom stereocenters. The number of rotatable bonds is 5. The predicted molar refractivity (Wildman–Crippen MR) is 93.3 cm³/mol. The Labute approximate surface area is 142 Å². The van der Waals surface area contributed by atoms with Crippen molar-refractivity contribution >= 4 is 34.4 Å². The highest BCUT2D eigenvalue weighted by atomic mass is 32.1. The van der Waals surface area contributed by atoms with E-state index in [0.717, 1.165) is 22.0 Å². The molecule has 1 amide bonds.